The van der Waals surface area contributed by atoms with Crippen LogP contribution in [0, 0.1) is 6.92 Å². The molecule has 3 N–H and O–H groups in total. The molecule has 3 heteroatoms. The van der Waals surface area contributed by atoms with Crippen molar-refractivity contribution >= 4 is 26.8 Å². The summed E-state index contributed by atoms with van der Waals surface area (Å²) in [6.45, 7) is 2.11. The quantitative estimate of drug-likeness (QED) is 0.731. The predicted octanol–water partition coefficient (Wildman–Crippen LogP) is 4.48. The van der Waals surface area contributed by atoms with Crippen molar-refractivity contribution in [2.75, 3.05) is 0 Å². The summed E-state index contributed by atoms with van der Waals surface area (Å²) in [6.07, 6.45) is 0.840. The first kappa shape index (κ1) is 13.4. The number of hydrogen-bond donors (Lipinski definition) is 2. The smallest absolute Gasteiger partial charge is 0.0459 e. The number of aromatic nitrogens is 1. The Bertz CT molecular complexity index is 731. The lowest BCUT2D eigenvalue weighted by Crippen LogP contribution is -2.13. The van der Waals surface area contributed by atoms with Gasteiger partial charge in [-0.05, 0) is 42.7 Å². The van der Waals surface area contributed by atoms with Gasteiger partial charge in [0.25, 0.3) is 0 Å². The van der Waals surface area contributed by atoms with Gasteiger partial charge in [0.05, 0.1) is 0 Å². The minimum atomic E-state index is 0.0212. The van der Waals surface area contributed by atoms with Gasteiger partial charge >= 0.3 is 0 Å². The lowest BCUT2D eigenvalue weighted by atomic mass is 9.98. The number of rotatable bonds is 3. The maximum Gasteiger partial charge on any atom is 0.0459 e. The van der Waals surface area contributed by atoms with Crippen LogP contribution in [0.2, 0.25) is 0 Å². The molecule has 0 saturated carbocycles. The third-order valence-electron chi connectivity index (χ3n) is 3.73. The third kappa shape index (κ3) is 2.51. The molecule has 0 fully saturated rings. The molecule has 0 bridgehead atoms. The summed E-state index contributed by atoms with van der Waals surface area (Å²) in [7, 11) is 0. The maximum absolute atomic E-state index is 6.36. The van der Waals surface area contributed by atoms with Gasteiger partial charge in [0.15, 0.2) is 0 Å². The Hall–Kier alpha value is -1.58. The molecule has 20 heavy (non-hydrogen) atoms. The Morgan fingerprint density at radius 3 is 2.65 bits per heavy atom. The van der Waals surface area contributed by atoms with E-state index < -0.39 is 0 Å². The number of hydrogen-bond acceptors (Lipinski definition) is 1. The minimum absolute atomic E-state index is 0.0212. The van der Waals surface area contributed by atoms with Crippen molar-refractivity contribution in [3.05, 3.63) is 69.8 Å². The zero-order valence-corrected chi connectivity index (χ0v) is 12.9. The third-order valence-corrected chi connectivity index (χ3v) is 4.23. The molecular formula is C17H17BrN2. The standard InChI is InChI=1S/C17H17BrN2/c1-11-14(10-16(19)12-5-3-2-4-6-12)15-9-13(18)7-8-17(15)20-11/h2-9,16,20H,10,19H2,1H3. The molecule has 1 aromatic heterocycles. The molecule has 0 saturated heterocycles. The topological polar surface area (TPSA) is 41.8 Å². The Balaban J connectivity index is 1.98. The second-order valence-corrected chi connectivity index (χ2v) is 6.06. The van der Waals surface area contributed by atoms with E-state index in [9.17, 15) is 0 Å². The fraction of sp³-hybridized carbons (Fsp3) is 0.176. The second kappa shape index (κ2) is 5.43. The van der Waals surface area contributed by atoms with Crippen molar-refractivity contribution in [2.24, 2.45) is 5.73 Å². The van der Waals surface area contributed by atoms with Gasteiger partial charge in [-0.3, -0.25) is 0 Å². The molecule has 0 spiro atoms. The first-order valence-corrected chi connectivity index (χ1v) is 7.51. The number of fused-ring (bicyclic) bond motifs is 1. The van der Waals surface area contributed by atoms with Crippen LogP contribution in [0.15, 0.2) is 53.0 Å². The number of halogens is 1. The van der Waals surface area contributed by atoms with Crippen LogP contribution in [-0.4, -0.2) is 4.98 Å². The number of benzene rings is 2. The van der Waals surface area contributed by atoms with Crippen LogP contribution in [0.1, 0.15) is 22.9 Å². The maximum atomic E-state index is 6.36. The highest BCUT2D eigenvalue weighted by Gasteiger charge is 2.13. The molecule has 1 atom stereocenters. The highest BCUT2D eigenvalue weighted by Crippen LogP contribution is 2.28. The molecular weight excluding hydrogens is 312 g/mol. The average Bonchev–Trinajstić information content (AvgIpc) is 2.76. The van der Waals surface area contributed by atoms with E-state index in [-0.39, 0.29) is 6.04 Å². The lowest BCUT2D eigenvalue weighted by molar-refractivity contribution is 0.722. The van der Waals surface area contributed by atoms with Crippen molar-refractivity contribution in [2.45, 2.75) is 19.4 Å². The van der Waals surface area contributed by atoms with E-state index in [1.165, 1.54) is 27.7 Å². The molecule has 2 aromatic carbocycles. The normalized spacial score (nSPS) is 12.8. The van der Waals surface area contributed by atoms with Crippen molar-refractivity contribution in [3.8, 4) is 0 Å². The highest BCUT2D eigenvalue weighted by molar-refractivity contribution is 9.10. The summed E-state index contributed by atoms with van der Waals surface area (Å²) in [6, 6.07) is 16.6. The van der Waals surface area contributed by atoms with Crippen LogP contribution in [-0.2, 0) is 6.42 Å². The first-order valence-electron chi connectivity index (χ1n) is 6.72. The number of aryl methyl sites for hydroxylation is 1. The van der Waals surface area contributed by atoms with Gasteiger partial charge in [-0.2, -0.15) is 0 Å². The van der Waals surface area contributed by atoms with Gasteiger partial charge in [0, 0.05) is 27.1 Å². The predicted molar refractivity (Wildman–Crippen MR) is 87.8 cm³/mol. The van der Waals surface area contributed by atoms with E-state index in [4.69, 9.17) is 5.73 Å². The van der Waals surface area contributed by atoms with Gasteiger partial charge < -0.3 is 10.7 Å². The monoisotopic (exact) mass is 328 g/mol. The van der Waals surface area contributed by atoms with Crippen LogP contribution < -0.4 is 5.73 Å². The van der Waals surface area contributed by atoms with E-state index >= 15 is 0 Å². The summed E-state index contributed by atoms with van der Waals surface area (Å²) in [4.78, 5) is 3.43. The summed E-state index contributed by atoms with van der Waals surface area (Å²) >= 11 is 3.54. The number of nitrogens with two attached hydrogens (primary N) is 1. The summed E-state index contributed by atoms with van der Waals surface area (Å²) in [5.74, 6) is 0. The van der Waals surface area contributed by atoms with Crippen LogP contribution in [0.3, 0.4) is 0 Å². The molecule has 3 aromatic rings. The van der Waals surface area contributed by atoms with Crippen LogP contribution >= 0.6 is 15.9 Å². The van der Waals surface area contributed by atoms with Crippen molar-refractivity contribution < 1.29 is 0 Å². The van der Waals surface area contributed by atoms with Gasteiger partial charge in [-0.15, -0.1) is 0 Å². The Labute approximate surface area is 127 Å². The number of nitrogens with one attached hydrogen (secondary N) is 1. The average molecular weight is 329 g/mol. The van der Waals surface area contributed by atoms with Gasteiger partial charge in [-0.1, -0.05) is 46.3 Å². The molecule has 1 unspecified atom stereocenters. The summed E-state index contributed by atoms with van der Waals surface area (Å²) in [5, 5.41) is 1.25. The fourth-order valence-electron chi connectivity index (χ4n) is 2.66. The SMILES string of the molecule is Cc1[nH]c2ccc(Br)cc2c1CC(N)c1ccccc1. The Kier molecular flexibility index (Phi) is 3.64. The van der Waals surface area contributed by atoms with E-state index in [1.807, 2.05) is 18.2 Å². The highest BCUT2D eigenvalue weighted by atomic mass is 79.9. The number of aromatic amines is 1. The number of H-pyrrole nitrogens is 1. The molecule has 2 nitrogen and oxygen atoms in total. The molecule has 0 aliphatic heterocycles. The molecule has 102 valence electrons. The molecule has 0 aliphatic rings. The van der Waals surface area contributed by atoms with Gasteiger partial charge in [0.1, 0.15) is 0 Å². The van der Waals surface area contributed by atoms with Gasteiger partial charge in [-0.25, -0.2) is 0 Å². The van der Waals surface area contributed by atoms with Crippen LogP contribution in [0.4, 0.5) is 0 Å². The largest absolute Gasteiger partial charge is 0.358 e. The first-order chi connectivity index (χ1) is 9.65. The molecule has 0 radical (unpaired) electrons. The van der Waals surface area contributed by atoms with Crippen molar-refractivity contribution in [1.29, 1.82) is 0 Å². The van der Waals surface area contributed by atoms with Gasteiger partial charge in [0.2, 0.25) is 0 Å². The Morgan fingerprint density at radius 2 is 1.90 bits per heavy atom. The van der Waals surface area contributed by atoms with Crippen LogP contribution in [0.25, 0.3) is 10.9 Å². The fourth-order valence-corrected chi connectivity index (χ4v) is 3.02. The zero-order chi connectivity index (χ0) is 14.1. The minimum Gasteiger partial charge on any atom is -0.358 e. The second-order valence-electron chi connectivity index (χ2n) is 5.14. The molecule has 1 heterocycles. The van der Waals surface area contributed by atoms with E-state index in [2.05, 4.69) is 58.2 Å². The molecule has 0 aliphatic carbocycles. The van der Waals surface area contributed by atoms with E-state index in [1.54, 1.807) is 0 Å². The summed E-state index contributed by atoms with van der Waals surface area (Å²) in [5.41, 5.74) is 11.2. The van der Waals surface area contributed by atoms with Crippen molar-refractivity contribution in [1.82, 2.24) is 4.98 Å². The van der Waals surface area contributed by atoms with E-state index in [0.717, 1.165) is 10.9 Å². The lowest BCUT2D eigenvalue weighted by Gasteiger charge is -2.12. The van der Waals surface area contributed by atoms with Crippen molar-refractivity contribution in [3.63, 3.8) is 0 Å². The summed E-state index contributed by atoms with van der Waals surface area (Å²) < 4.78 is 1.10. The molecule has 0 amide bonds. The van der Waals surface area contributed by atoms with E-state index in [0.29, 0.717) is 0 Å². The van der Waals surface area contributed by atoms with Crippen LogP contribution in [0.5, 0.6) is 0 Å². The zero-order valence-electron chi connectivity index (χ0n) is 11.4. The molecule has 3 rings (SSSR count). The Morgan fingerprint density at radius 1 is 1.15 bits per heavy atom.